The third-order valence-corrected chi connectivity index (χ3v) is 3.89. The number of nitrogens with one attached hydrogen (secondary N) is 1. The van der Waals surface area contributed by atoms with Crippen molar-refractivity contribution in [2.45, 2.75) is 13.0 Å². The summed E-state index contributed by atoms with van der Waals surface area (Å²) < 4.78 is 33.2. The van der Waals surface area contributed by atoms with Crippen LogP contribution in [0.15, 0.2) is 47.2 Å². The molecule has 138 valence electrons. The summed E-state index contributed by atoms with van der Waals surface area (Å²) in [5.74, 6) is -0.934. The molecule has 1 amide bonds. The minimum absolute atomic E-state index is 0.0789. The highest BCUT2D eigenvalue weighted by Crippen LogP contribution is 2.15. The summed E-state index contributed by atoms with van der Waals surface area (Å²) in [4.78, 5) is 23.1. The fraction of sp³-hybridized carbons (Fsp3) is 0.222. The molecule has 0 saturated carbocycles. The fourth-order valence-corrected chi connectivity index (χ4v) is 2.58. The van der Waals surface area contributed by atoms with Gasteiger partial charge in [-0.25, -0.2) is 4.79 Å². The maximum Gasteiger partial charge on any atom is 0.387 e. The van der Waals surface area contributed by atoms with Gasteiger partial charge >= 0.3 is 12.6 Å². The molecule has 0 aliphatic rings. The minimum Gasteiger partial charge on any atom is -0.452 e. The van der Waals surface area contributed by atoms with Crippen LogP contribution in [0.3, 0.4) is 0 Å². The molecule has 0 radical (unpaired) electrons. The second kappa shape index (κ2) is 10.3. The third-order valence-electron chi connectivity index (χ3n) is 3.18. The number of halogens is 2. The van der Waals surface area contributed by atoms with Crippen LogP contribution in [0.5, 0.6) is 5.75 Å². The van der Waals surface area contributed by atoms with Crippen LogP contribution in [0.4, 0.5) is 8.78 Å². The van der Waals surface area contributed by atoms with Crippen LogP contribution in [0.1, 0.15) is 11.1 Å². The largest absolute Gasteiger partial charge is 0.452 e. The predicted molar refractivity (Wildman–Crippen MR) is 94.1 cm³/mol. The second-order valence-corrected chi connectivity index (χ2v) is 5.90. The summed E-state index contributed by atoms with van der Waals surface area (Å²) in [6.45, 7) is -2.90. The normalized spacial score (nSPS) is 10.9. The number of ether oxygens (including phenoxy) is 2. The molecule has 8 heteroatoms. The van der Waals surface area contributed by atoms with Crippen LogP contribution in [0, 0.1) is 0 Å². The van der Waals surface area contributed by atoms with E-state index in [1.807, 2.05) is 16.8 Å². The number of benzene rings is 1. The van der Waals surface area contributed by atoms with Gasteiger partial charge in [-0.05, 0) is 52.6 Å². The molecule has 5 nitrogen and oxygen atoms in total. The summed E-state index contributed by atoms with van der Waals surface area (Å²) in [5, 5.41) is 6.38. The number of hydrogen-bond donors (Lipinski definition) is 1. The molecule has 0 bridgehead atoms. The van der Waals surface area contributed by atoms with Gasteiger partial charge in [-0.3, -0.25) is 4.79 Å². The van der Waals surface area contributed by atoms with Crippen molar-refractivity contribution in [3.05, 3.63) is 58.3 Å². The second-order valence-electron chi connectivity index (χ2n) is 5.12. The Labute approximate surface area is 153 Å². The quantitative estimate of drug-likeness (QED) is 0.535. The topological polar surface area (TPSA) is 64.6 Å². The van der Waals surface area contributed by atoms with E-state index >= 15 is 0 Å². The first-order valence-corrected chi connectivity index (χ1v) is 8.64. The zero-order chi connectivity index (χ0) is 18.8. The van der Waals surface area contributed by atoms with Gasteiger partial charge in [0.15, 0.2) is 6.61 Å². The van der Waals surface area contributed by atoms with Gasteiger partial charge < -0.3 is 14.8 Å². The van der Waals surface area contributed by atoms with Crippen LogP contribution in [-0.4, -0.2) is 31.6 Å². The number of esters is 1. The van der Waals surface area contributed by atoms with Crippen LogP contribution in [0.25, 0.3) is 6.08 Å². The van der Waals surface area contributed by atoms with E-state index < -0.39 is 18.5 Å². The summed E-state index contributed by atoms with van der Waals surface area (Å²) in [6, 6.07) is 8.00. The Morgan fingerprint density at radius 1 is 1.19 bits per heavy atom. The van der Waals surface area contributed by atoms with Crippen molar-refractivity contribution < 1.29 is 27.8 Å². The van der Waals surface area contributed by atoms with Crippen LogP contribution >= 0.6 is 11.3 Å². The average Bonchev–Trinajstić information content (AvgIpc) is 3.13. The number of carbonyl (C=O) groups is 2. The maximum atomic E-state index is 12.1. The van der Waals surface area contributed by atoms with Crippen molar-refractivity contribution in [1.82, 2.24) is 5.32 Å². The lowest BCUT2D eigenvalue weighted by molar-refractivity contribution is -0.143. The molecule has 0 unspecified atom stereocenters. The third kappa shape index (κ3) is 7.43. The van der Waals surface area contributed by atoms with E-state index in [1.54, 1.807) is 18.2 Å². The first-order chi connectivity index (χ1) is 12.5. The van der Waals surface area contributed by atoms with Crippen molar-refractivity contribution in [2.75, 3.05) is 13.2 Å². The molecule has 0 saturated heterocycles. The maximum absolute atomic E-state index is 12.1. The van der Waals surface area contributed by atoms with E-state index in [9.17, 15) is 18.4 Å². The molecule has 1 N–H and O–H groups in total. The molecule has 0 fully saturated rings. The van der Waals surface area contributed by atoms with Crippen molar-refractivity contribution in [3.8, 4) is 5.75 Å². The van der Waals surface area contributed by atoms with Gasteiger partial charge in [-0.2, -0.15) is 20.1 Å². The smallest absolute Gasteiger partial charge is 0.387 e. The molecule has 1 aromatic carbocycles. The zero-order valence-corrected chi connectivity index (χ0v) is 14.5. The van der Waals surface area contributed by atoms with Crippen LogP contribution in [-0.2, 0) is 20.7 Å². The van der Waals surface area contributed by atoms with Gasteiger partial charge in [0.25, 0.3) is 5.91 Å². The summed E-state index contributed by atoms with van der Waals surface area (Å²) in [5.41, 5.74) is 1.74. The van der Waals surface area contributed by atoms with Crippen molar-refractivity contribution in [2.24, 2.45) is 0 Å². The molecular formula is C18H17F2NO4S. The minimum atomic E-state index is -2.86. The molecular weight excluding hydrogens is 364 g/mol. The number of rotatable bonds is 9. The van der Waals surface area contributed by atoms with E-state index in [-0.39, 0.29) is 12.4 Å². The Bertz CT molecular complexity index is 730. The molecule has 0 spiro atoms. The summed E-state index contributed by atoms with van der Waals surface area (Å²) in [6.07, 6.45) is 3.38. The van der Waals surface area contributed by atoms with Gasteiger partial charge in [0.2, 0.25) is 0 Å². The monoisotopic (exact) mass is 381 g/mol. The predicted octanol–water partition coefficient (Wildman–Crippen LogP) is 3.26. The first-order valence-electron chi connectivity index (χ1n) is 7.70. The van der Waals surface area contributed by atoms with E-state index in [0.717, 1.165) is 11.1 Å². The molecule has 26 heavy (non-hydrogen) atoms. The lowest BCUT2D eigenvalue weighted by Crippen LogP contribution is -2.30. The lowest BCUT2D eigenvalue weighted by Gasteiger charge is -2.07. The number of carbonyl (C=O) groups excluding carboxylic acids is 2. The fourth-order valence-electron chi connectivity index (χ4n) is 1.95. The summed E-state index contributed by atoms with van der Waals surface area (Å²) in [7, 11) is 0. The molecule has 2 rings (SSSR count). The van der Waals surface area contributed by atoms with Gasteiger partial charge in [-0.1, -0.05) is 12.1 Å². The molecule has 0 aliphatic carbocycles. The zero-order valence-electron chi connectivity index (χ0n) is 13.7. The Kier molecular flexibility index (Phi) is 7.75. The van der Waals surface area contributed by atoms with Gasteiger partial charge in [0.1, 0.15) is 5.75 Å². The lowest BCUT2D eigenvalue weighted by atomic mass is 10.1. The SMILES string of the molecule is O=C(COC(=O)/C=C/c1ccsc1)NCCc1ccc(OC(F)F)cc1. The molecule has 0 aliphatic heterocycles. The number of thiophene rings is 1. The summed E-state index contributed by atoms with van der Waals surface area (Å²) >= 11 is 1.51. The van der Waals surface area contributed by atoms with Crippen LogP contribution in [0.2, 0.25) is 0 Å². The highest BCUT2D eigenvalue weighted by molar-refractivity contribution is 7.08. The van der Waals surface area contributed by atoms with Crippen molar-refractivity contribution in [1.29, 1.82) is 0 Å². The highest BCUT2D eigenvalue weighted by atomic mass is 32.1. The Morgan fingerprint density at radius 2 is 1.96 bits per heavy atom. The molecule has 1 aromatic heterocycles. The standard InChI is InChI=1S/C18H17F2NO4S/c19-18(20)25-15-4-1-13(2-5-15)7-9-21-16(22)11-24-17(23)6-3-14-8-10-26-12-14/h1-6,8,10,12,18H,7,9,11H2,(H,21,22)/b6-3+. The van der Waals surface area contributed by atoms with E-state index in [0.29, 0.717) is 13.0 Å². The average molecular weight is 381 g/mol. The Balaban J connectivity index is 1.63. The first kappa shape index (κ1) is 19.6. The molecule has 0 atom stereocenters. The van der Waals surface area contributed by atoms with E-state index in [2.05, 4.69) is 10.1 Å². The Hall–Kier alpha value is -2.74. The van der Waals surface area contributed by atoms with Gasteiger partial charge in [0.05, 0.1) is 0 Å². The van der Waals surface area contributed by atoms with Gasteiger partial charge in [0, 0.05) is 12.6 Å². The van der Waals surface area contributed by atoms with Gasteiger partial charge in [-0.15, -0.1) is 0 Å². The van der Waals surface area contributed by atoms with E-state index in [4.69, 9.17) is 4.74 Å². The highest BCUT2D eigenvalue weighted by Gasteiger charge is 2.06. The molecule has 2 aromatic rings. The van der Waals surface area contributed by atoms with E-state index in [1.165, 1.54) is 29.5 Å². The Morgan fingerprint density at radius 3 is 2.62 bits per heavy atom. The number of hydrogen-bond acceptors (Lipinski definition) is 5. The van der Waals surface area contributed by atoms with Crippen LogP contribution < -0.4 is 10.1 Å². The van der Waals surface area contributed by atoms with Crippen molar-refractivity contribution >= 4 is 29.3 Å². The number of alkyl halides is 2. The van der Waals surface area contributed by atoms with Crippen molar-refractivity contribution in [3.63, 3.8) is 0 Å². The number of amides is 1. The molecule has 1 heterocycles.